The maximum Gasteiger partial charge on any atom is 0.306 e. The third-order valence-corrected chi connectivity index (χ3v) is 4.99. The average molecular weight is 263 g/mol. The van der Waals surface area contributed by atoms with Crippen LogP contribution in [0, 0.1) is 23.7 Å². The van der Waals surface area contributed by atoms with E-state index in [0.29, 0.717) is 18.3 Å². The van der Waals surface area contributed by atoms with Crippen LogP contribution in [0.5, 0.6) is 0 Å². The molecule has 4 nitrogen and oxygen atoms in total. The molecule has 3 rings (SSSR count). The number of fused-ring (bicyclic) bond motifs is 2. The zero-order valence-corrected chi connectivity index (χ0v) is 11.0. The minimum Gasteiger partial charge on any atom is -0.481 e. The zero-order valence-electron chi connectivity index (χ0n) is 11.0. The summed E-state index contributed by atoms with van der Waals surface area (Å²) in [6.45, 7) is 0. The quantitative estimate of drug-likeness (QED) is 0.765. The molecule has 5 atom stereocenters. The largest absolute Gasteiger partial charge is 0.481 e. The van der Waals surface area contributed by atoms with Crippen LogP contribution in [0.3, 0.4) is 0 Å². The fourth-order valence-electron chi connectivity index (χ4n) is 3.94. The van der Waals surface area contributed by atoms with Gasteiger partial charge in [0.15, 0.2) is 0 Å². The molecule has 2 saturated carbocycles. The summed E-state index contributed by atoms with van der Waals surface area (Å²) in [5.74, 6) is 0.289. The van der Waals surface area contributed by atoms with Crippen molar-refractivity contribution in [3.05, 3.63) is 12.2 Å². The first-order valence-electron chi connectivity index (χ1n) is 7.35. The van der Waals surface area contributed by atoms with Crippen LogP contribution in [0.2, 0.25) is 0 Å². The van der Waals surface area contributed by atoms with Gasteiger partial charge in [-0.1, -0.05) is 18.6 Å². The molecule has 0 spiro atoms. The molecular weight excluding hydrogens is 242 g/mol. The topological polar surface area (TPSA) is 66.4 Å². The molecule has 3 aliphatic carbocycles. The van der Waals surface area contributed by atoms with E-state index < -0.39 is 5.97 Å². The predicted molar refractivity (Wildman–Crippen MR) is 70.4 cm³/mol. The van der Waals surface area contributed by atoms with Crippen LogP contribution in [0.25, 0.3) is 0 Å². The van der Waals surface area contributed by atoms with E-state index >= 15 is 0 Å². The zero-order chi connectivity index (χ0) is 13.4. The molecule has 0 saturated heterocycles. The van der Waals surface area contributed by atoms with Crippen molar-refractivity contribution in [1.82, 2.24) is 5.32 Å². The Bertz CT molecular complexity index is 418. The van der Waals surface area contributed by atoms with Gasteiger partial charge in [0.2, 0.25) is 5.91 Å². The average Bonchev–Trinajstić information content (AvgIpc) is 3.01. The highest BCUT2D eigenvalue weighted by Crippen LogP contribution is 2.43. The Morgan fingerprint density at radius 2 is 1.95 bits per heavy atom. The smallest absolute Gasteiger partial charge is 0.306 e. The van der Waals surface area contributed by atoms with Gasteiger partial charge in [-0.25, -0.2) is 0 Å². The third-order valence-electron chi connectivity index (χ3n) is 4.99. The van der Waals surface area contributed by atoms with Crippen molar-refractivity contribution in [2.45, 2.75) is 44.6 Å². The fraction of sp³-hybridized carbons (Fsp3) is 0.733. The van der Waals surface area contributed by atoms with Gasteiger partial charge in [-0.15, -0.1) is 0 Å². The summed E-state index contributed by atoms with van der Waals surface area (Å²) in [7, 11) is 0. The van der Waals surface area contributed by atoms with E-state index in [1.165, 1.54) is 0 Å². The summed E-state index contributed by atoms with van der Waals surface area (Å²) < 4.78 is 0. The lowest BCUT2D eigenvalue weighted by Gasteiger charge is -2.29. The number of carboxylic acids is 1. The van der Waals surface area contributed by atoms with Gasteiger partial charge in [-0.2, -0.15) is 0 Å². The summed E-state index contributed by atoms with van der Waals surface area (Å²) in [6.07, 6.45) is 9.68. The molecule has 0 aromatic heterocycles. The molecule has 0 heterocycles. The molecule has 3 aliphatic rings. The first-order chi connectivity index (χ1) is 9.13. The number of hydrogen-bond acceptors (Lipinski definition) is 2. The summed E-state index contributed by atoms with van der Waals surface area (Å²) in [5.41, 5.74) is 0. The van der Waals surface area contributed by atoms with Gasteiger partial charge in [-0.05, 0) is 43.9 Å². The van der Waals surface area contributed by atoms with Crippen molar-refractivity contribution < 1.29 is 14.7 Å². The molecule has 5 unspecified atom stereocenters. The Balaban J connectivity index is 1.55. The lowest BCUT2D eigenvalue weighted by Crippen LogP contribution is -2.43. The molecule has 2 fully saturated rings. The van der Waals surface area contributed by atoms with Gasteiger partial charge in [0.25, 0.3) is 0 Å². The van der Waals surface area contributed by atoms with Crippen LogP contribution in [0.1, 0.15) is 38.5 Å². The summed E-state index contributed by atoms with van der Waals surface area (Å²) in [4.78, 5) is 23.3. The first kappa shape index (κ1) is 12.7. The molecule has 19 heavy (non-hydrogen) atoms. The Labute approximate surface area is 113 Å². The van der Waals surface area contributed by atoms with Crippen LogP contribution in [0.4, 0.5) is 0 Å². The first-order valence-corrected chi connectivity index (χ1v) is 7.35. The number of carbonyl (C=O) groups is 2. The van der Waals surface area contributed by atoms with E-state index in [4.69, 9.17) is 5.11 Å². The van der Waals surface area contributed by atoms with Crippen LogP contribution < -0.4 is 5.32 Å². The van der Waals surface area contributed by atoms with E-state index in [1.54, 1.807) is 0 Å². The number of hydrogen-bond donors (Lipinski definition) is 2. The maximum atomic E-state index is 12.3. The van der Waals surface area contributed by atoms with Gasteiger partial charge in [-0.3, -0.25) is 9.59 Å². The number of carbonyl (C=O) groups excluding carboxylic acids is 1. The van der Waals surface area contributed by atoms with Gasteiger partial charge in [0.05, 0.1) is 5.92 Å². The molecule has 0 aromatic carbocycles. The maximum absolute atomic E-state index is 12.3. The lowest BCUT2D eigenvalue weighted by atomic mass is 9.85. The molecule has 0 aromatic rings. The van der Waals surface area contributed by atoms with E-state index in [9.17, 15) is 9.59 Å². The van der Waals surface area contributed by atoms with Crippen molar-refractivity contribution in [2.24, 2.45) is 23.7 Å². The number of carboxylic acid groups (broad SMARTS) is 1. The highest BCUT2D eigenvalue weighted by atomic mass is 16.4. The van der Waals surface area contributed by atoms with Crippen molar-refractivity contribution >= 4 is 11.9 Å². The normalized spacial score (nSPS) is 40.3. The highest BCUT2D eigenvalue weighted by Gasteiger charge is 2.40. The van der Waals surface area contributed by atoms with Crippen LogP contribution in [-0.2, 0) is 9.59 Å². The van der Waals surface area contributed by atoms with Gasteiger partial charge >= 0.3 is 5.97 Å². The molecular formula is C15H21NO3. The van der Waals surface area contributed by atoms with Crippen molar-refractivity contribution in [1.29, 1.82) is 0 Å². The third kappa shape index (κ3) is 2.53. The number of rotatable bonds is 3. The minimum absolute atomic E-state index is 0.0606. The molecule has 2 N–H and O–H groups in total. The van der Waals surface area contributed by atoms with Gasteiger partial charge < -0.3 is 10.4 Å². The molecule has 4 heteroatoms. The Morgan fingerprint density at radius 3 is 2.58 bits per heavy atom. The van der Waals surface area contributed by atoms with Crippen LogP contribution in [-0.4, -0.2) is 23.0 Å². The predicted octanol–water partition coefficient (Wildman–Crippen LogP) is 1.96. The number of amides is 1. The summed E-state index contributed by atoms with van der Waals surface area (Å²) >= 11 is 0. The minimum atomic E-state index is -0.721. The molecule has 0 aliphatic heterocycles. The molecule has 0 radical (unpaired) electrons. The Morgan fingerprint density at radius 1 is 1.11 bits per heavy atom. The molecule has 1 amide bonds. The van der Waals surface area contributed by atoms with Crippen molar-refractivity contribution in [2.75, 3.05) is 0 Å². The van der Waals surface area contributed by atoms with Crippen molar-refractivity contribution in [3.63, 3.8) is 0 Å². The highest BCUT2D eigenvalue weighted by molar-refractivity contribution is 5.80. The van der Waals surface area contributed by atoms with E-state index in [-0.39, 0.29) is 23.8 Å². The van der Waals surface area contributed by atoms with E-state index in [2.05, 4.69) is 17.5 Å². The van der Waals surface area contributed by atoms with Gasteiger partial charge in [0.1, 0.15) is 0 Å². The monoisotopic (exact) mass is 263 g/mol. The lowest BCUT2D eigenvalue weighted by molar-refractivity contribution is -0.143. The summed E-state index contributed by atoms with van der Waals surface area (Å²) in [6, 6.07) is 0.0606. The number of aliphatic carboxylic acids is 1. The second-order valence-corrected chi connectivity index (χ2v) is 6.29. The standard InChI is InChI=1S/C15H21NO3/c17-14(13-7-9-4-5-10(13)6-9)16-12-3-1-2-11(8-12)15(18)19/h4-5,9-13H,1-3,6-8H2,(H,16,17)(H,18,19). The second-order valence-electron chi connectivity index (χ2n) is 6.29. The Hall–Kier alpha value is -1.32. The number of allylic oxidation sites excluding steroid dienone is 2. The molecule has 104 valence electrons. The number of nitrogens with one attached hydrogen (secondary N) is 1. The second kappa shape index (κ2) is 4.99. The van der Waals surface area contributed by atoms with E-state index in [1.807, 2.05) is 0 Å². The van der Waals surface area contributed by atoms with E-state index in [0.717, 1.165) is 32.1 Å². The van der Waals surface area contributed by atoms with Crippen molar-refractivity contribution in [3.8, 4) is 0 Å². The van der Waals surface area contributed by atoms with Gasteiger partial charge in [0, 0.05) is 12.0 Å². The Kier molecular flexibility index (Phi) is 3.33. The fourth-order valence-corrected chi connectivity index (χ4v) is 3.94. The SMILES string of the molecule is O=C(O)C1CCCC(NC(=O)C2CC3C=CC2C3)C1. The van der Waals surface area contributed by atoms with Crippen LogP contribution in [0.15, 0.2) is 12.2 Å². The molecule has 2 bridgehead atoms. The van der Waals surface area contributed by atoms with Crippen LogP contribution >= 0.6 is 0 Å². The summed E-state index contributed by atoms with van der Waals surface area (Å²) in [5, 5.41) is 12.2.